The van der Waals surface area contributed by atoms with Crippen LogP contribution in [0.25, 0.3) is 11.0 Å². The fourth-order valence-electron chi connectivity index (χ4n) is 2.71. The lowest BCUT2D eigenvalue weighted by atomic mass is 10.2. The molecule has 0 aliphatic carbocycles. The van der Waals surface area contributed by atoms with Crippen LogP contribution >= 0.6 is 11.3 Å². The highest BCUT2D eigenvalue weighted by Gasteiger charge is 2.17. The van der Waals surface area contributed by atoms with Crippen molar-refractivity contribution in [3.05, 3.63) is 92.4 Å². The summed E-state index contributed by atoms with van der Waals surface area (Å²) in [7, 11) is 0. The van der Waals surface area contributed by atoms with Gasteiger partial charge in [0.05, 0.1) is 12.8 Å². The molecule has 2 N–H and O–H groups in total. The maximum absolute atomic E-state index is 12.4. The topological polar surface area (TPSA) is 92.7 Å². The first-order valence-electron chi connectivity index (χ1n) is 8.23. The second-order valence-corrected chi connectivity index (χ2v) is 7.09. The molecule has 0 fully saturated rings. The minimum Gasteiger partial charge on any atom is -0.466 e. The third-order valence-electron chi connectivity index (χ3n) is 4.07. The molecular weight excluding hydrogens is 366 g/mol. The van der Waals surface area contributed by atoms with Crippen LogP contribution in [0.15, 0.2) is 74.5 Å². The lowest BCUT2D eigenvalue weighted by molar-refractivity contribution is 0.0948. The van der Waals surface area contributed by atoms with Crippen molar-refractivity contribution < 1.29 is 18.7 Å². The largest absolute Gasteiger partial charge is 0.466 e. The van der Waals surface area contributed by atoms with E-state index in [4.69, 9.17) is 8.83 Å². The van der Waals surface area contributed by atoms with Crippen molar-refractivity contribution in [3.63, 3.8) is 0 Å². The molecular formula is C20H15NO5S. The van der Waals surface area contributed by atoms with E-state index in [1.165, 1.54) is 23.7 Å². The number of thiophene rings is 1. The molecule has 0 saturated heterocycles. The summed E-state index contributed by atoms with van der Waals surface area (Å²) in [5.41, 5.74) is -0.277. The highest BCUT2D eigenvalue weighted by molar-refractivity contribution is 7.12. The molecule has 3 heterocycles. The Morgan fingerprint density at radius 1 is 1.15 bits per heavy atom. The van der Waals surface area contributed by atoms with Crippen molar-refractivity contribution in [2.75, 3.05) is 0 Å². The Balaban J connectivity index is 1.47. The zero-order valence-electron chi connectivity index (χ0n) is 14.0. The average molecular weight is 381 g/mol. The summed E-state index contributed by atoms with van der Waals surface area (Å²) < 4.78 is 10.4. The molecule has 7 heteroatoms. The van der Waals surface area contributed by atoms with Gasteiger partial charge in [-0.15, -0.1) is 11.3 Å². The molecule has 1 amide bonds. The summed E-state index contributed by atoms with van der Waals surface area (Å²) in [5.74, 6) is -0.0442. The monoisotopic (exact) mass is 381 g/mol. The molecule has 136 valence electrons. The Morgan fingerprint density at radius 2 is 2.00 bits per heavy atom. The van der Waals surface area contributed by atoms with Crippen molar-refractivity contribution in [1.29, 1.82) is 0 Å². The van der Waals surface area contributed by atoms with Gasteiger partial charge in [0.2, 0.25) is 0 Å². The molecule has 3 aromatic heterocycles. The number of aliphatic hydroxyl groups excluding tert-OH is 1. The van der Waals surface area contributed by atoms with Gasteiger partial charge in [-0.2, -0.15) is 0 Å². The summed E-state index contributed by atoms with van der Waals surface area (Å²) in [5, 5.41) is 13.7. The Bertz CT molecular complexity index is 1140. The van der Waals surface area contributed by atoms with E-state index in [9.17, 15) is 14.7 Å². The number of carbonyl (C=O) groups is 1. The fourth-order valence-corrected chi connectivity index (χ4v) is 3.65. The second-order valence-electron chi connectivity index (χ2n) is 5.89. The summed E-state index contributed by atoms with van der Waals surface area (Å²) in [6.07, 6.45) is 0.657. The number of fused-ring (bicyclic) bond motifs is 1. The van der Waals surface area contributed by atoms with E-state index in [2.05, 4.69) is 5.32 Å². The molecule has 27 heavy (non-hydrogen) atoms. The number of carbonyl (C=O) groups excluding carboxylic acids is 1. The highest BCUT2D eigenvalue weighted by Crippen LogP contribution is 2.28. The minimum absolute atomic E-state index is 0.0406. The molecule has 0 spiro atoms. The lowest BCUT2D eigenvalue weighted by Crippen LogP contribution is -2.27. The van der Waals surface area contributed by atoms with Crippen LogP contribution in [-0.4, -0.2) is 11.0 Å². The van der Waals surface area contributed by atoms with Gasteiger partial charge >= 0.3 is 5.63 Å². The van der Waals surface area contributed by atoms with E-state index in [-0.39, 0.29) is 12.1 Å². The number of aliphatic hydroxyl groups is 1. The van der Waals surface area contributed by atoms with Crippen molar-refractivity contribution in [3.8, 4) is 0 Å². The summed E-state index contributed by atoms with van der Waals surface area (Å²) in [4.78, 5) is 26.0. The molecule has 4 aromatic rings. The van der Waals surface area contributed by atoms with Gasteiger partial charge < -0.3 is 19.3 Å². The van der Waals surface area contributed by atoms with Gasteiger partial charge in [0, 0.05) is 15.1 Å². The smallest absolute Gasteiger partial charge is 0.349 e. The van der Waals surface area contributed by atoms with Crippen LogP contribution in [0, 0.1) is 0 Å². The van der Waals surface area contributed by atoms with Crippen molar-refractivity contribution in [1.82, 2.24) is 5.32 Å². The zero-order chi connectivity index (χ0) is 18.8. The number of nitrogens with one attached hydrogen (secondary N) is 1. The predicted octanol–water partition coefficient (Wildman–Crippen LogP) is 3.46. The molecule has 6 nitrogen and oxygen atoms in total. The van der Waals surface area contributed by atoms with Crippen molar-refractivity contribution >= 4 is 28.2 Å². The zero-order valence-corrected chi connectivity index (χ0v) is 14.9. The SMILES string of the molecule is O=C(NCc1ccc([C@@H](O)c2ccco2)s1)c1cc2ccccc2oc1=O. The number of rotatable bonds is 5. The lowest BCUT2D eigenvalue weighted by Gasteiger charge is -2.05. The predicted molar refractivity (Wildman–Crippen MR) is 101 cm³/mol. The first-order chi connectivity index (χ1) is 13.1. The van der Waals surface area contributed by atoms with E-state index in [1.807, 2.05) is 12.1 Å². The molecule has 0 radical (unpaired) electrons. The van der Waals surface area contributed by atoms with Crippen LogP contribution in [0.3, 0.4) is 0 Å². The van der Waals surface area contributed by atoms with Crippen LogP contribution < -0.4 is 10.9 Å². The van der Waals surface area contributed by atoms with E-state index < -0.39 is 17.6 Å². The molecule has 0 aliphatic rings. The van der Waals surface area contributed by atoms with E-state index in [1.54, 1.807) is 36.4 Å². The first-order valence-corrected chi connectivity index (χ1v) is 9.04. The van der Waals surface area contributed by atoms with Gasteiger partial charge in [-0.3, -0.25) is 4.79 Å². The van der Waals surface area contributed by atoms with Crippen LogP contribution in [-0.2, 0) is 6.54 Å². The average Bonchev–Trinajstić information content (AvgIpc) is 3.37. The van der Waals surface area contributed by atoms with Crippen molar-refractivity contribution in [2.45, 2.75) is 12.6 Å². The molecule has 0 bridgehead atoms. The standard InChI is InChI=1S/C20H15NO5S/c22-18(16-6-3-9-25-16)17-8-7-13(27-17)11-21-19(23)14-10-12-4-1-2-5-15(12)26-20(14)24/h1-10,18,22H,11H2,(H,21,23)/t18-/m0/s1. The number of benzene rings is 1. The first kappa shape index (κ1) is 17.3. The maximum atomic E-state index is 12.4. The number of hydrogen-bond acceptors (Lipinski definition) is 6. The maximum Gasteiger partial charge on any atom is 0.349 e. The molecule has 1 atom stereocenters. The van der Waals surface area contributed by atoms with Crippen LogP contribution in [0.5, 0.6) is 0 Å². The Kier molecular flexibility index (Phi) is 4.62. The van der Waals surface area contributed by atoms with Crippen LogP contribution in [0.4, 0.5) is 0 Å². The molecule has 0 saturated carbocycles. The fraction of sp³-hybridized carbons (Fsp3) is 0.100. The Labute approximate surface area is 157 Å². The van der Waals surface area contributed by atoms with E-state index in [0.717, 1.165) is 4.88 Å². The van der Waals surface area contributed by atoms with Gasteiger partial charge in [0.15, 0.2) is 0 Å². The third kappa shape index (κ3) is 3.55. The Morgan fingerprint density at radius 3 is 2.81 bits per heavy atom. The molecule has 0 aliphatic heterocycles. The summed E-state index contributed by atoms with van der Waals surface area (Å²) >= 11 is 1.36. The number of para-hydroxylation sites is 1. The van der Waals surface area contributed by atoms with Gasteiger partial charge in [-0.1, -0.05) is 18.2 Å². The molecule has 4 rings (SSSR count). The third-order valence-corrected chi connectivity index (χ3v) is 5.21. The Hall–Kier alpha value is -3.16. The van der Waals surface area contributed by atoms with Gasteiger partial charge in [0.25, 0.3) is 5.91 Å². The van der Waals surface area contributed by atoms with Gasteiger partial charge in [-0.05, 0) is 36.4 Å². The van der Waals surface area contributed by atoms with Crippen molar-refractivity contribution in [2.24, 2.45) is 0 Å². The van der Waals surface area contributed by atoms with Gasteiger partial charge in [0.1, 0.15) is 23.0 Å². The highest BCUT2D eigenvalue weighted by atomic mass is 32.1. The summed E-state index contributed by atoms with van der Waals surface area (Å²) in [6.45, 7) is 0.237. The number of hydrogen-bond donors (Lipinski definition) is 2. The van der Waals surface area contributed by atoms with Crippen LogP contribution in [0.2, 0.25) is 0 Å². The van der Waals surface area contributed by atoms with Gasteiger partial charge in [-0.25, -0.2) is 4.79 Å². The van der Waals surface area contributed by atoms with E-state index in [0.29, 0.717) is 21.6 Å². The number of amides is 1. The molecule has 1 aromatic carbocycles. The van der Waals surface area contributed by atoms with E-state index >= 15 is 0 Å². The second kappa shape index (κ2) is 7.22. The normalized spacial score (nSPS) is 12.2. The summed E-state index contributed by atoms with van der Waals surface area (Å²) in [6, 6.07) is 15.5. The van der Waals surface area contributed by atoms with Crippen LogP contribution in [0.1, 0.15) is 32.0 Å². The molecule has 0 unspecified atom stereocenters. The number of furan rings is 1. The minimum atomic E-state index is -0.845. The quantitative estimate of drug-likeness (QED) is 0.517.